The Kier molecular flexibility index (Phi) is 5.16. The number of fused-ring (bicyclic) bond motifs is 1. The van der Waals surface area contributed by atoms with E-state index in [1.54, 1.807) is 16.0 Å². The molecule has 1 amide bonds. The van der Waals surface area contributed by atoms with Gasteiger partial charge in [0.2, 0.25) is 5.91 Å². The van der Waals surface area contributed by atoms with Crippen LogP contribution in [0.15, 0.2) is 6.33 Å². The van der Waals surface area contributed by atoms with Gasteiger partial charge in [-0.25, -0.2) is 9.97 Å². The van der Waals surface area contributed by atoms with E-state index < -0.39 is 0 Å². The molecule has 0 radical (unpaired) electrons. The largest absolute Gasteiger partial charge is 0.378 e. The van der Waals surface area contributed by atoms with Gasteiger partial charge in [0.15, 0.2) is 5.13 Å². The van der Waals surface area contributed by atoms with Crippen molar-refractivity contribution >= 4 is 22.4 Å². The minimum Gasteiger partial charge on any atom is -0.378 e. The molecule has 0 spiro atoms. The third-order valence-electron chi connectivity index (χ3n) is 5.03. The lowest BCUT2D eigenvalue weighted by Gasteiger charge is -2.26. The molecule has 1 fully saturated rings. The van der Waals surface area contributed by atoms with E-state index in [1.165, 1.54) is 11.2 Å². The molecule has 2 aromatic rings. The van der Waals surface area contributed by atoms with Crippen LogP contribution in [0.2, 0.25) is 0 Å². The van der Waals surface area contributed by atoms with Gasteiger partial charge in [-0.05, 0) is 12.8 Å². The normalized spacial score (nSPS) is 20.0. The van der Waals surface area contributed by atoms with Crippen molar-refractivity contribution < 1.29 is 9.53 Å². The second-order valence-corrected chi connectivity index (χ2v) is 7.81. The molecule has 1 aliphatic carbocycles. The second kappa shape index (κ2) is 7.71. The number of anilines is 1. The number of nitrogens with one attached hydrogen (secondary N) is 1. The first-order chi connectivity index (χ1) is 12.7. The van der Waals surface area contributed by atoms with Crippen LogP contribution in [-0.4, -0.2) is 58.5 Å². The smallest absolute Gasteiger partial charge is 0.223 e. The Morgan fingerprint density at radius 1 is 1.42 bits per heavy atom. The predicted molar refractivity (Wildman–Crippen MR) is 98.4 cm³/mol. The zero-order valence-corrected chi connectivity index (χ0v) is 15.8. The minimum absolute atomic E-state index is 0.0154. The third kappa shape index (κ3) is 3.73. The van der Waals surface area contributed by atoms with Crippen LogP contribution in [0.25, 0.3) is 0 Å². The Morgan fingerprint density at radius 2 is 2.27 bits per heavy atom. The summed E-state index contributed by atoms with van der Waals surface area (Å²) in [5.74, 6) is 1.02. The molecule has 140 valence electrons. The number of aryl methyl sites for hydroxylation is 2. The summed E-state index contributed by atoms with van der Waals surface area (Å²) in [5, 5.41) is 8.18. The summed E-state index contributed by atoms with van der Waals surface area (Å²) in [4.78, 5) is 25.2. The maximum Gasteiger partial charge on any atom is 0.223 e. The van der Waals surface area contributed by atoms with Crippen LogP contribution in [-0.2, 0) is 35.8 Å². The highest BCUT2D eigenvalue weighted by molar-refractivity contribution is 7.15. The van der Waals surface area contributed by atoms with Crippen LogP contribution in [0.5, 0.6) is 0 Å². The van der Waals surface area contributed by atoms with E-state index in [4.69, 9.17) is 9.72 Å². The van der Waals surface area contributed by atoms with E-state index in [0.717, 1.165) is 62.2 Å². The standard InChI is InChI=1S/C17H24N6O2S/c1-22-15(19-11-20-22)4-5-18-16(24)12-2-3-14-13(10-12)21-17(26-14)23-6-8-25-9-7-23/h11-12H,2-10H2,1H3,(H,18,24). The van der Waals surface area contributed by atoms with Crippen molar-refractivity contribution in [1.29, 1.82) is 0 Å². The van der Waals surface area contributed by atoms with Gasteiger partial charge in [-0.15, -0.1) is 11.3 Å². The summed E-state index contributed by atoms with van der Waals surface area (Å²) < 4.78 is 7.15. The number of carbonyl (C=O) groups is 1. The van der Waals surface area contributed by atoms with Gasteiger partial charge in [0.1, 0.15) is 12.2 Å². The van der Waals surface area contributed by atoms with Crippen molar-refractivity contribution in [1.82, 2.24) is 25.1 Å². The summed E-state index contributed by atoms with van der Waals surface area (Å²) in [5.41, 5.74) is 1.11. The fourth-order valence-corrected chi connectivity index (χ4v) is 4.62. The van der Waals surface area contributed by atoms with E-state index >= 15 is 0 Å². The SMILES string of the molecule is Cn1ncnc1CCNC(=O)C1CCc2sc(N3CCOCC3)nc2C1. The van der Waals surface area contributed by atoms with Crippen LogP contribution >= 0.6 is 11.3 Å². The van der Waals surface area contributed by atoms with E-state index in [-0.39, 0.29) is 11.8 Å². The van der Waals surface area contributed by atoms with Gasteiger partial charge in [-0.3, -0.25) is 9.48 Å². The molecule has 1 N–H and O–H groups in total. The predicted octanol–water partition coefficient (Wildman–Crippen LogP) is 0.572. The highest BCUT2D eigenvalue weighted by Gasteiger charge is 2.28. The monoisotopic (exact) mass is 376 g/mol. The first-order valence-electron chi connectivity index (χ1n) is 9.12. The Labute approximate surface area is 156 Å². The Hall–Kier alpha value is -2.00. The van der Waals surface area contributed by atoms with Crippen molar-refractivity contribution in [3.05, 3.63) is 22.7 Å². The van der Waals surface area contributed by atoms with Crippen LogP contribution in [0.1, 0.15) is 22.8 Å². The van der Waals surface area contributed by atoms with Gasteiger partial charge >= 0.3 is 0 Å². The molecule has 2 aliphatic rings. The number of ether oxygens (including phenoxy) is 1. The summed E-state index contributed by atoms with van der Waals surface area (Å²) in [6.07, 6.45) is 4.81. The number of nitrogens with zero attached hydrogens (tertiary/aromatic N) is 5. The van der Waals surface area contributed by atoms with Crippen molar-refractivity contribution in [3.8, 4) is 0 Å². The Bertz CT molecular complexity index is 767. The number of morpholine rings is 1. The summed E-state index contributed by atoms with van der Waals surface area (Å²) in [7, 11) is 1.86. The summed E-state index contributed by atoms with van der Waals surface area (Å²) in [6.45, 7) is 3.92. The van der Waals surface area contributed by atoms with Gasteiger partial charge in [0.05, 0.1) is 18.9 Å². The zero-order chi connectivity index (χ0) is 17.9. The van der Waals surface area contributed by atoms with Gasteiger partial charge < -0.3 is 15.0 Å². The van der Waals surface area contributed by atoms with Crippen LogP contribution in [0.3, 0.4) is 0 Å². The number of aromatic nitrogens is 4. The van der Waals surface area contributed by atoms with Gasteiger partial charge in [0.25, 0.3) is 0 Å². The maximum absolute atomic E-state index is 12.5. The van der Waals surface area contributed by atoms with Crippen molar-refractivity contribution in [2.45, 2.75) is 25.7 Å². The van der Waals surface area contributed by atoms with Crippen molar-refractivity contribution in [2.24, 2.45) is 13.0 Å². The number of thiazole rings is 1. The average molecular weight is 376 g/mol. The van der Waals surface area contributed by atoms with E-state index in [2.05, 4.69) is 20.3 Å². The first kappa shape index (κ1) is 17.4. The first-order valence-corrected chi connectivity index (χ1v) is 9.94. The Morgan fingerprint density at radius 3 is 3.04 bits per heavy atom. The molecule has 0 saturated carbocycles. The molecular weight excluding hydrogens is 352 g/mol. The van der Waals surface area contributed by atoms with Crippen LogP contribution < -0.4 is 10.2 Å². The molecule has 8 nitrogen and oxygen atoms in total. The molecule has 4 rings (SSSR count). The zero-order valence-electron chi connectivity index (χ0n) is 15.0. The van der Waals surface area contributed by atoms with Crippen LogP contribution in [0, 0.1) is 5.92 Å². The minimum atomic E-state index is 0.0154. The molecule has 26 heavy (non-hydrogen) atoms. The Balaban J connectivity index is 1.31. The highest BCUT2D eigenvalue weighted by Crippen LogP contribution is 2.34. The molecule has 1 aliphatic heterocycles. The van der Waals surface area contributed by atoms with Gasteiger partial charge in [-0.1, -0.05) is 0 Å². The quantitative estimate of drug-likeness (QED) is 0.821. The van der Waals surface area contributed by atoms with E-state index in [1.807, 2.05) is 7.05 Å². The maximum atomic E-state index is 12.5. The van der Waals surface area contributed by atoms with Crippen molar-refractivity contribution in [2.75, 3.05) is 37.7 Å². The summed E-state index contributed by atoms with van der Waals surface area (Å²) in [6, 6.07) is 0. The van der Waals surface area contributed by atoms with Gasteiger partial charge in [0, 0.05) is 50.3 Å². The van der Waals surface area contributed by atoms with E-state index in [0.29, 0.717) is 13.0 Å². The molecule has 9 heteroatoms. The molecule has 1 atom stereocenters. The molecule has 0 aromatic carbocycles. The third-order valence-corrected chi connectivity index (χ3v) is 6.25. The number of hydrogen-bond acceptors (Lipinski definition) is 7. The van der Waals surface area contributed by atoms with E-state index in [9.17, 15) is 4.79 Å². The molecule has 1 unspecified atom stereocenters. The van der Waals surface area contributed by atoms with Crippen molar-refractivity contribution in [3.63, 3.8) is 0 Å². The topological polar surface area (TPSA) is 85.2 Å². The lowest BCUT2D eigenvalue weighted by Crippen LogP contribution is -2.36. The van der Waals surface area contributed by atoms with Crippen LogP contribution in [0.4, 0.5) is 5.13 Å². The number of amides is 1. The fraction of sp³-hybridized carbons (Fsp3) is 0.647. The average Bonchev–Trinajstić information content (AvgIpc) is 3.28. The number of rotatable bonds is 5. The number of hydrogen-bond donors (Lipinski definition) is 1. The molecule has 2 aromatic heterocycles. The fourth-order valence-electron chi connectivity index (χ4n) is 3.47. The lowest BCUT2D eigenvalue weighted by atomic mass is 9.90. The second-order valence-electron chi connectivity index (χ2n) is 6.75. The molecule has 3 heterocycles. The molecule has 0 bridgehead atoms. The van der Waals surface area contributed by atoms with Gasteiger partial charge in [-0.2, -0.15) is 5.10 Å². The lowest BCUT2D eigenvalue weighted by molar-refractivity contribution is -0.125. The molecule has 1 saturated heterocycles. The summed E-state index contributed by atoms with van der Waals surface area (Å²) >= 11 is 1.78. The highest BCUT2D eigenvalue weighted by atomic mass is 32.1. The molecular formula is C17H24N6O2S. The number of carbonyl (C=O) groups excluding carboxylic acids is 1.